The normalized spacial score (nSPS) is 16.8. The molecule has 0 spiro atoms. The predicted octanol–water partition coefficient (Wildman–Crippen LogP) is 5.56. The van der Waals surface area contributed by atoms with E-state index in [9.17, 15) is 15.0 Å². The van der Waals surface area contributed by atoms with E-state index in [1.165, 1.54) is 38.1 Å². The van der Waals surface area contributed by atoms with Crippen LogP contribution in [0.2, 0.25) is 0 Å². The molecule has 1 aliphatic heterocycles. The Hall–Kier alpha value is -3.98. The van der Waals surface area contributed by atoms with Crippen LogP contribution in [0.1, 0.15) is 35.0 Å². The second-order valence-corrected chi connectivity index (χ2v) is 9.18. The molecular weight excluding hydrogens is 480 g/mol. The zero-order valence-corrected chi connectivity index (χ0v) is 20.7. The number of nitrogens with zero attached hydrogens (tertiary/aromatic N) is 2. The Balaban J connectivity index is 1.53. The van der Waals surface area contributed by atoms with Crippen LogP contribution >= 0.6 is 11.8 Å². The van der Waals surface area contributed by atoms with Crippen LogP contribution in [0.4, 0.5) is 0 Å². The van der Waals surface area contributed by atoms with Crippen molar-refractivity contribution in [1.29, 1.82) is 0 Å². The number of methoxy groups -OCH3 is 2. The Morgan fingerprint density at radius 1 is 1.14 bits per heavy atom. The van der Waals surface area contributed by atoms with Crippen LogP contribution in [0.25, 0.3) is 6.08 Å². The number of amidine groups is 1. The molecule has 4 rings (SSSR count). The van der Waals surface area contributed by atoms with Crippen molar-refractivity contribution >= 4 is 34.5 Å². The standard InChI is InChI=1S/C27H26N2O6S/c1-33-24-12-17(6-9-22(24)31)5-8-20(30)14-19-15-26(18-7-10-23(32)25(13-18)34-2)36-27(29-19)28-16-21-4-3-11-35-21/h3-13,26,31-32H,14-16H2,1-2H3/b8-5+,28-27?. The first-order valence-corrected chi connectivity index (χ1v) is 12.1. The fourth-order valence-electron chi connectivity index (χ4n) is 3.65. The second-order valence-electron chi connectivity index (χ2n) is 8.01. The summed E-state index contributed by atoms with van der Waals surface area (Å²) in [7, 11) is 2.97. The van der Waals surface area contributed by atoms with Gasteiger partial charge in [-0.25, -0.2) is 4.99 Å². The van der Waals surface area contributed by atoms with Gasteiger partial charge in [-0.2, -0.15) is 0 Å². The van der Waals surface area contributed by atoms with Gasteiger partial charge in [0.2, 0.25) is 0 Å². The largest absolute Gasteiger partial charge is 0.504 e. The van der Waals surface area contributed by atoms with Crippen LogP contribution in [0.3, 0.4) is 0 Å². The summed E-state index contributed by atoms with van der Waals surface area (Å²) in [6.07, 6.45) is 5.45. The maximum atomic E-state index is 12.8. The van der Waals surface area contributed by atoms with Crippen molar-refractivity contribution < 1.29 is 28.9 Å². The van der Waals surface area contributed by atoms with Gasteiger partial charge in [-0.1, -0.05) is 30.0 Å². The first-order valence-electron chi connectivity index (χ1n) is 11.2. The quantitative estimate of drug-likeness (QED) is 0.366. The van der Waals surface area contributed by atoms with Crippen molar-refractivity contribution in [2.24, 2.45) is 9.98 Å². The number of ether oxygens (including phenoxy) is 2. The summed E-state index contributed by atoms with van der Waals surface area (Å²) in [5.74, 6) is 1.43. The molecule has 0 radical (unpaired) electrons. The van der Waals surface area contributed by atoms with Crippen LogP contribution < -0.4 is 9.47 Å². The molecule has 1 aromatic heterocycles. The minimum Gasteiger partial charge on any atom is -0.504 e. The number of hydrogen-bond donors (Lipinski definition) is 2. The Kier molecular flexibility index (Phi) is 8.12. The van der Waals surface area contributed by atoms with Crippen LogP contribution in [0.15, 0.2) is 75.3 Å². The lowest BCUT2D eigenvalue weighted by Crippen LogP contribution is -2.17. The maximum absolute atomic E-state index is 12.8. The van der Waals surface area contributed by atoms with Gasteiger partial charge in [0.15, 0.2) is 33.9 Å². The lowest BCUT2D eigenvalue weighted by molar-refractivity contribution is -0.113. The van der Waals surface area contributed by atoms with E-state index in [1.54, 1.807) is 42.7 Å². The van der Waals surface area contributed by atoms with E-state index in [4.69, 9.17) is 13.9 Å². The number of thioether (sulfide) groups is 1. The van der Waals surface area contributed by atoms with Crippen LogP contribution in [0, 0.1) is 0 Å². The number of phenolic OH excluding ortho intramolecular Hbond substituents is 2. The van der Waals surface area contributed by atoms with Gasteiger partial charge >= 0.3 is 0 Å². The third-order valence-corrected chi connectivity index (χ3v) is 6.65. The first kappa shape index (κ1) is 25.1. The number of rotatable bonds is 9. The number of aliphatic imine (C=N–C) groups is 2. The van der Waals surface area contributed by atoms with Crippen molar-refractivity contribution in [1.82, 2.24) is 0 Å². The molecule has 0 saturated heterocycles. The molecule has 2 aromatic carbocycles. The van der Waals surface area contributed by atoms with Gasteiger partial charge in [0, 0.05) is 23.8 Å². The minimum atomic E-state index is -0.111. The summed E-state index contributed by atoms with van der Waals surface area (Å²) in [5, 5.41) is 20.2. The fraction of sp³-hybridized carbons (Fsp3) is 0.222. The summed E-state index contributed by atoms with van der Waals surface area (Å²) in [6, 6.07) is 13.7. The van der Waals surface area contributed by atoms with E-state index >= 15 is 0 Å². The summed E-state index contributed by atoms with van der Waals surface area (Å²) >= 11 is 1.49. The van der Waals surface area contributed by atoms with Crippen molar-refractivity contribution in [2.75, 3.05) is 14.2 Å². The molecule has 2 N–H and O–H groups in total. The monoisotopic (exact) mass is 506 g/mol. The van der Waals surface area contributed by atoms with Gasteiger partial charge < -0.3 is 24.1 Å². The van der Waals surface area contributed by atoms with Gasteiger partial charge in [-0.3, -0.25) is 9.79 Å². The number of phenols is 2. The Morgan fingerprint density at radius 2 is 1.89 bits per heavy atom. The van der Waals surface area contributed by atoms with E-state index in [-0.39, 0.29) is 29.0 Å². The van der Waals surface area contributed by atoms with E-state index in [1.807, 2.05) is 12.1 Å². The Labute approximate surface area is 213 Å². The number of aromatic hydroxyl groups is 2. The van der Waals surface area contributed by atoms with E-state index in [0.29, 0.717) is 35.3 Å². The zero-order chi connectivity index (χ0) is 25.5. The van der Waals surface area contributed by atoms with Gasteiger partial charge in [0.05, 0.1) is 27.0 Å². The lowest BCUT2D eigenvalue weighted by atomic mass is 10.0. The molecule has 0 aliphatic carbocycles. The van der Waals surface area contributed by atoms with Crippen molar-refractivity contribution in [3.05, 3.63) is 77.8 Å². The summed E-state index contributed by atoms with van der Waals surface area (Å²) in [4.78, 5) is 22.0. The number of ketones is 1. The molecule has 2 heterocycles. The van der Waals surface area contributed by atoms with Gasteiger partial charge in [-0.15, -0.1) is 0 Å². The number of allylic oxidation sites excluding steroid dienone is 1. The molecule has 186 valence electrons. The third-order valence-electron chi connectivity index (χ3n) is 5.49. The summed E-state index contributed by atoms with van der Waals surface area (Å²) in [6.45, 7) is 0.342. The van der Waals surface area contributed by atoms with Crippen molar-refractivity contribution in [2.45, 2.75) is 24.6 Å². The van der Waals surface area contributed by atoms with E-state index in [0.717, 1.165) is 16.9 Å². The highest BCUT2D eigenvalue weighted by Gasteiger charge is 2.25. The number of carbonyl (C=O) groups is 1. The summed E-state index contributed by atoms with van der Waals surface area (Å²) in [5.41, 5.74) is 2.38. The Bertz CT molecular complexity index is 1310. The molecule has 1 atom stereocenters. The molecule has 8 nitrogen and oxygen atoms in total. The minimum absolute atomic E-state index is 0.0355. The zero-order valence-electron chi connectivity index (χ0n) is 19.9. The van der Waals surface area contributed by atoms with E-state index in [2.05, 4.69) is 9.98 Å². The molecule has 3 aromatic rings. The topological polar surface area (TPSA) is 114 Å². The molecule has 0 fully saturated rings. The van der Waals surface area contributed by atoms with Crippen LogP contribution in [-0.4, -0.2) is 41.1 Å². The first-order chi connectivity index (χ1) is 17.4. The van der Waals surface area contributed by atoms with Gasteiger partial charge in [0.25, 0.3) is 0 Å². The smallest absolute Gasteiger partial charge is 0.183 e. The SMILES string of the molecule is COc1cc(/C=C/C(=O)CC2=NC(=NCc3ccco3)SC(c3ccc(O)c(OC)c3)C2)ccc1O. The number of furan rings is 1. The molecule has 0 bridgehead atoms. The number of hydrogen-bond acceptors (Lipinski definition) is 8. The molecule has 1 aliphatic rings. The average molecular weight is 507 g/mol. The predicted molar refractivity (Wildman–Crippen MR) is 140 cm³/mol. The highest BCUT2D eigenvalue weighted by Crippen LogP contribution is 2.41. The second kappa shape index (κ2) is 11.6. The lowest BCUT2D eigenvalue weighted by Gasteiger charge is -2.23. The molecule has 0 saturated carbocycles. The van der Waals surface area contributed by atoms with Crippen molar-refractivity contribution in [3.63, 3.8) is 0 Å². The van der Waals surface area contributed by atoms with Crippen LogP contribution in [-0.2, 0) is 11.3 Å². The highest BCUT2D eigenvalue weighted by molar-refractivity contribution is 8.14. The average Bonchev–Trinajstić information content (AvgIpc) is 3.41. The Morgan fingerprint density at radius 3 is 2.61 bits per heavy atom. The van der Waals surface area contributed by atoms with Crippen LogP contribution in [0.5, 0.6) is 23.0 Å². The maximum Gasteiger partial charge on any atom is 0.183 e. The van der Waals surface area contributed by atoms with Gasteiger partial charge in [-0.05, 0) is 53.6 Å². The third kappa shape index (κ3) is 6.37. The molecule has 0 amide bonds. The van der Waals surface area contributed by atoms with E-state index < -0.39 is 0 Å². The van der Waals surface area contributed by atoms with Gasteiger partial charge in [0.1, 0.15) is 5.76 Å². The molecule has 1 unspecified atom stereocenters. The molecule has 36 heavy (non-hydrogen) atoms. The fourth-order valence-corrected chi connectivity index (χ4v) is 4.78. The molecule has 9 heteroatoms. The van der Waals surface area contributed by atoms with Crippen molar-refractivity contribution in [3.8, 4) is 23.0 Å². The number of benzene rings is 2. The highest BCUT2D eigenvalue weighted by atomic mass is 32.2. The number of carbonyl (C=O) groups excluding carboxylic acids is 1. The summed E-state index contributed by atoms with van der Waals surface area (Å²) < 4.78 is 15.8. The molecular formula is C27H26N2O6S.